The molecule has 0 unspecified atom stereocenters. The molecule has 2 aromatic heterocycles. The summed E-state index contributed by atoms with van der Waals surface area (Å²) in [6.07, 6.45) is 0. The molecule has 0 saturated heterocycles. The summed E-state index contributed by atoms with van der Waals surface area (Å²) in [5.41, 5.74) is 5.21. The van der Waals surface area contributed by atoms with Crippen LogP contribution >= 0.6 is 0 Å². The molecule has 140 valence electrons. The molecule has 3 rings (SSSR count). The van der Waals surface area contributed by atoms with Gasteiger partial charge in [0.2, 0.25) is 11.7 Å². The van der Waals surface area contributed by atoms with Crippen LogP contribution in [0, 0.1) is 34.6 Å². The minimum atomic E-state index is -0.493. The Kier molecular flexibility index (Phi) is 4.59. The highest BCUT2D eigenvalue weighted by Gasteiger charge is 2.26. The van der Waals surface area contributed by atoms with E-state index in [2.05, 4.69) is 10.1 Å². The second-order valence-corrected chi connectivity index (χ2v) is 6.90. The summed E-state index contributed by atoms with van der Waals surface area (Å²) in [4.78, 5) is 29.6. The monoisotopic (exact) mass is 365 g/mol. The van der Waals surface area contributed by atoms with E-state index in [4.69, 9.17) is 4.74 Å². The van der Waals surface area contributed by atoms with E-state index in [0.29, 0.717) is 16.8 Å². The van der Waals surface area contributed by atoms with Gasteiger partial charge in [-0.1, -0.05) is 12.1 Å². The predicted molar refractivity (Wildman–Crippen MR) is 103 cm³/mol. The molecule has 27 heavy (non-hydrogen) atoms. The lowest BCUT2D eigenvalue weighted by molar-refractivity contribution is -0.132. The van der Waals surface area contributed by atoms with E-state index in [1.807, 2.05) is 39.8 Å². The van der Waals surface area contributed by atoms with Gasteiger partial charge in [-0.05, 0) is 51.1 Å². The summed E-state index contributed by atoms with van der Waals surface area (Å²) in [5.74, 6) is -0.540. The van der Waals surface area contributed by atoms with Crippen molar-refractivity contribution in [2.45, 2.75) is 41.5 Å². The minimum Gasteiger partial charge on any atom is -0.407 e. The van der Waals surface area contributed by atoms with Crippen molar-refractivity contribution in [2.75, 3.05) is 0 Å². The van der Waals surface area contributed by atoms with Crippen molar-refractivity contribution >= 4 is 22.5 Å². The molecule has 3 aromatic rings. The number of carbonyl (C=O) groups is 2. The van der Waals surface area contributed by atoms with Gasteiger partial charge in [0.25, 0.3) is 0 Å². The Morgan fingerprint density at radius 3 is 2.26 bits per heavy atom. The van der Waals surface area contributed by atoms with Gasteiger partial charge in [-0.25, -0.2) is 4.68 Å². The van der Waals surface area contributed by atoms with Crippen molar-refractivity contribution in [3.63, 3.8) is 0 Å². The zero-order valence-corrected chi connectivity index (χ0v) is 16.7. The molecule has 0 atom stereocenters. The van der Waals surface area contributed by atoms with Gasteiger partial charge in [-0.2, -0.15) is 5.10 Å². The number of pyridine rings is 1. The zero-order valence-electron chi connectivity index (χ0n) is 16.7. The Labute approximate surface area is 158 Å². The molecule has 6 heteroatoms. The predicted octanol–water partition coefficient (Wildman–Crippen LogP) is 3.67. The fourth-order valence-electron chi connectivity index (χ4n) is 3.61. The van der Waals surface area contributed by atoms with Crippen molar-refractivity contribution in [3.8, 4) is 5.88 Å². The maximum Gasteiger partial charge on any atom is 0.309 e. The highest BCUT2D eigenvalue weighted by molar-refractivity contribution is 6.19. The quantitative estimate of drug-likeness (QED) is 0.523. The number of ether oxygens (including phenoxy) is 1. The maximum absolute atomic E-state index is 13.5. The summed E-state index contributed by atoms with van der Waals surface area (Å²) in [6.45, 7) is 10.9. The van der Waals surface area contributed by atoms with Gasteiger partial charge >= 0.3 is 5.97 Å². The number of carbonyl (C=O) groups excluding carboxylic acids is 2. The highest BCUT2D eigenvalue weighted by Crippen LogP contribution is 2.33. The van der Waals surface area contributed by atoms with E-state index in [-0.39, 0.29) is 11.7 Å². The molecule has 0 aliphatic carbocycles. The van der Waals surface area contributed by atoms with Gasteiger partial charge < -0.3 is 4.74 Å². The SMILES string of the molecule is CC(=O)Oc1c(C(=O)c2ccc(C)c3c(C)nc(C)c(C)c23)c(C)nn1C. The third-order valence-corrected chi connectivity index (χ3v) is 4.91. The first kappa shape index (κ1) is 18.8. The van der Waals surface area contributed by atoms with E-state index in [1.54, 1.807) is 14.0 Å². The minimum absolute atomic E-state index is 0.166. The molecular weight excluding hydrogens is 342 g/mol. The number of benzene rings is 1. The summed E-state index contributed by atoms with van der Waals surface area (Å²) in [6, 6.07) is 3.76. The van der Waals surface area contributed by atoms with Gasteiger partial charge in [-0.3, -0.25) is 14.6 Å². The third kappa shape index (κ3) is 3.01. The van der Waals surface area contributed by atoms with Gasteiger partial charge in [0, 0.05) is 36.3 Å². The van der Waals surface area contributed by atoms with Crippen LogP contribution in [0.1, 0.15) is 51.1 Å². The van der Waals surface area contributed by atoms with Crippen molar-refractivity contribution < 1.29 is 14.3 Å². The second kappa shape index (κ2) is 6.61. The Morgan fingerprint density at radius 2 is 1.63 bits per heavy atom. The smallest absolute Gasteiger partial charge is 0.309 e. The van der Waals surface area contributed by atoms with Crippen LogP contribution in [0.2, 0.25) is 0 Å². The van der Waals surface area contributed by atoms with Gasteiger partial charge in [0.05, 0.1) is 5.69 Å². The molecule has 0 radical (unpaired) electrons. The normalized spacial score (nSPS) is 11.1. The van der Waals surface area contributed by atoms with Gasteiger partial charge in [0.1, 0.15) is 5.56 Å². The van der Waals surface area contributed by atoms with Gasteiger partial charge in [0.15, 0.2) is 0 Å². The van der Waals surface area contributed by atoms with Crippen LogP contribution in [0.3, 0.4) is 0 Å². The summed E-state index contributed by atoms with van der Waals surface area (Å²) < 4.78 is 6.70. The van der Waals surface area contributed by atoms with E-state index >= 15 is 0 Å². The molecule has 0 saturated carbocycles. The lowest BCUT2D eigenvalue weighted by Gasteiger charge is -2.15. The largest absolute Gasteiger partial charge is 0.407 e. The first-order valence-electron chi connectivity index (χ1n) is 8.77. The molecule has 0 spiro atoms. The zero-order chi connectivity index (χ0) is 20.0. The van der Waals surface area contributed by atoms with E-state index in [0.717, 1.165) is 33.3 Å². The van der Waals surface area contributed by atoms with E-state index < -0.39 is 5.97 Å². The Morgan fingerprint density at radius 1 is 0.963 bits per heavy atom. The fraction of sp³-hybridized carbons (Fsp3) is 0.333. The number of hydrogen-bond donors (Lipinski definition) is 0. The van der Waals surface area contributed by atoms with Gasteiger partial charge in [-0.15, -0.1) is 0 Å². The number of aromatic nitrogens is 3. The topological polar surface area (TPSA) is 74.1 Å². The molecule has 0 aliphatic rings. The molecule has 0 aliphatic heterocycles. The van der Waals surface area contributed by atoms with Crippen LogP contribution in [-0.2, 0) is 11.8 Å². The van der Waals surface area contributed by atoms with Crippen molar-refractivity contribution in [1.82, 2.24) is 14.8 Å². The maximum atomic E-state index is 13.5. The molecule has 1 aromatic carbocycles. The molecular formula is C21H23N3O3. The Bertz CT molecular complexity index is 1110. The van der Waals surface area contributed by atoms with Crippen LogP contribution in [0.4, 0.5) is 0 Å². The number of ketones is 1. The second-order valence-electron chi connectivity index (χ2n) is 6.90. The Balaban J connectivity index is 2.34. The van der Waals surface area contributed by atoms with Crippen LogP contribution in [0.25, 0.3) is 10.8 Å². The van der Waals surface area contributed by atoms with Crippen LogP contribution in [-0.4, -0.2) is 26.5 Å². The average Bonchev–Trinajstić information content (AvgIpc) is 2.84. The summed E-state index contributed by atoms with van der Waals surface area (Å²) >= 11 is 0. The van der Waals surface area contributed by atoms with Crippen molar-refractivity contribution in [1.29, 1.82) is 0 Å². The number of rotatable bonds is 3. The first-order chi connectivity index (χ1) is 12.6. The molecule has 0 N–H and O–H groups in total. The third-order valence-electron chi connectivity index (χ3n) is 4.91. The Hall–Kier alpha value is -3.02. The lowest BCUT2D eigenvalue weighted by Crippen LogP contribution is -2.11. The highest BCUT2D eigenvalue weighted by atomic mass is 16.5. The number of nitrogens with zero attached hydrogens (tertiary/aromatic N) is 3. The van der Waals surface area contributed by atoms with Crippen molar-refractivity contribution in [2.24, 2.45) is 7.05 Å². The molecule has 0 amide bonds. The molecule has 0 fully saturated rings. The lowest BCUT2D eigenvalue weighted by atomic mass is 9.91. The number of hydrogen-bond acceptors (Lipinski definition) is 5. The summed E-state index contributed by atoms with van der Waals surface area (Å²) in [5, 5.41) is 6.15. The molecule has 0 bridgehead atoms. The van der Waals surface area contributed by atoms with E-state index in [1.165, 1.54) is 11.6 Å². The fourth-order valence-corrected chi connectivity index (χ4v) is 3.61. The standard InChI is InChI=1S/C21H23N3O3/c1-10-8-9-16(18-11(2)12(3)22-13(4)17(10)18)20(26)19-14(5)23-24(7)21(19)27-15(6)25/h8-9H,1-7H3. The molecule has 2 heterocycles. The van der Waals surface area contributed by atoms with Crippen LogP contribution in [0.5, 0.6) is 5.88 Å². The average molecular weight is 365 g/mol. The number of aryl methyl sites for hydroxylation is 6. The first-order valence-corrected chi connectivity index (χ1v) is 8.77. The summed E-state index contributed by atoms with van der Waals surface area (Å²) in [7, 11) is 1.65. The number of fused-ring (bicyclic) bond motifs is 1. The van der Waals surface area contributed by atoms with Crippen molar-refractivity contribution in [3.05, 3.63) is 51.5 Å². The number of esters is 1. The van der Waals surface area contributed by atoms with Crippen LogP contribution < -0.4 is 4.74 Å². The van der Waals surface area contributed by atoms with E-state index in [9.17, 15) is 9.59 Å². The molecule has 6 nitrogen and oxygen atoms in total. The van der Waals surface area contributed by atoms with Crippen LogP contribution in [0.15, 0.2) is 12.1 Å².